The Balaban J connectivity index is 1.78. The molecule has 0 bridgehead atoms. The highest BCUT2D eigenvalue weighted by Crippen LogP contribution is 2.14. The van der Waals surface area contributed by atoms with E-state index < -0.39 is 0 Å². The van der Waals surface area contributed by atoms with E-state index in [0.29, 0.717) is 6.04 Å². The molecule has 1 fully saturated rings. The molecule has 0 saturated carbocycles. The molecule has 1 aliphatic heterocycles. The summed E-state index contributed by atoms with van der Waals surface area (Å²) in [6, 6.07) is 0.683. The lowest BCUT2D eigenvalue weighted by atomic mass is 10.1. The maximum atomic E-state index is 4.20. The fraction of sp³-hybridized carbons (Fsp3) is 0.846. The van der Waals surface area contributed by atoms with Crippen LogP contribution < -0.4 is 5.32 Å². The van der Waals surface area contributed by atoms with E-state index >= 15 is 0 Å². The van der Waals surface area contributed by atoms with Crippen LogP contribution in [0.4, 0.5) is 0 Å². The van der Waals surface area contributed by atoms with E-state index in [4.69, 9.17) is 0 Å². The van der Waals surface area contributed by atoms with Crippen molar-refractivity contribution in [1.29, 1.82) is 0 Å². The summed E-state index contributed by atoms with van der Waals surface area (Å²) in [5.74, 6) is 0. The summed E-state index contributed by atoms with van der Waals surface area (Å²) in [7, 11) is 2.20. The van der Waals surface area contributed by atoms with Gasteiger partial charge in [0, 0.05) is 19.1 Å². The molecule has 0 spiro atoms. The SMILES string of the molecule is CN1CCCC1CNCc1cn(C(C)(C)C)nn1. The topological polar surface area (TPSA) is 46.0 Å². The highest BCUT2D eigenvalue weighted by Gasteiger charge is 2.20. The third-order valence-electron chi connectivity index (χ3n) is 3.59. The van der Waals surface area contributed by atoms with Crippen LogP contribution in [0.25, 0.3) is 0 Å². The first-order chi connectivity index (χ1) is 8.47. The summed E-state index contributed by atoms with van der Waals surface area (Å²) in [6.07, 6.45) is 4.66. The van der Waals surface area contributed by atoms with Crippen LogP contribution in [0.3, 0.4) is 0 Å². The van der Waals surface area contributed by atoms with Gasteiger partial charge in [0.05, 0.1) is 17.4 Å². The Bertz CT molecular complexity index is 379. The van der Waals surface area contributed by atoms with Gasteiger partial charge in [-0.3, -0.25) is 0 Å². The third kappa shape index (κ3) is 3.29. The molecule has 2 rings (SSSR count). The molecule has 5 heteroatoms. The van der Waals surface area contributed by atoms with Crippen LogP contribution in [0.2, 0.25) is 0 Å². The van der Waals surface area contributed by atoms with Gasteiger partial charge in [-0.2, -0.15) is 0 Å². The fourth-order valence-electron chi connectivity index (χ4n) is 2.31. The second-order valence-corrected chi connectivity index (χ2v) is 6.23. The number of nitrogens with one attached hydrogen (secondary N) is 1. The first-order valence-corrected chi connectivity index (χ1v) is 6.79. The zero-order valence-electron chi connectivity index (χ0n) is 12.0. The first-order valence-electron chi connectivity index (χ1n) is 6.79. The minimum Gasteiger partial charge on any atom is -0.309 e. The Hall–Kier alpha value is -0.940. The molecule has 1 unspecified atom stereocenters. The average molecular weight is 251 g/mol. The van der Waals surface area contributed by atoms with Crippen molar-refractivity contribution in [2.75, 3.05) is 20.1 Å². The molecule has 5 nitrogen and oxygen atoms in total. The molecule has 1 aromatic heterocycles. The Morgan fingerprint density at radius 3 is 2.78 bits per heavy atom. The monoisotopic (exact) mass is 251 g/mol. The second kappa shape index (κ2) is 5.36. The van der Waals surface area contributed by atoms with Gasteiger partial charge in [0.15, 0.2) is 0 Å². The molecule has 0 amide bonds. The van der Waals surface area contributed by atoms with Crippen LogP contribution >= 0.6 is 0 Å². The summed E-state index contributed by atoms with van der Waals surface area (Å²) in [5, 5.41) is 11.9. The molecule has 0 radical (unpaired) electrons. The van der Waals surface area contributed by atoms with E-state index in [1.165, 1.54) is 19.4 Å². The van der Waals surface area contributed by atoms with Gasteiger partial charge < -0.3 is 10.2 Å². The maximum Gasteiger partial charge on any atom is 0.0965 e. The normalized spacial score (nSPS) is 21.7. The molecule has 0 aliphatic carbocycles. The van der Waals surface area contributed by atoms with Crippen LogP contribution in [0.1, 0.15) is 39.3 Å². The smallest absolute Gasteiger partial charge is 0.0965 e. The van der Waals surface area contributed by atoms with Gasteiger partial charge in [-0.05, 0) is 47.2 Å². The average Bonchev–Trinajstić information content (AvgIpc) is 2.88. The van der Waals surface area contributed by atoms with E-state index in [0.717, 1.165) is 18.8 Å². The second-order valence-electron chi connectivity index (χ2n) is 6.23. The van der Waals surface area contributed by atoms with Crippen LogP contribution in [0, 0.1) is 0 Å². The molecule has 102 valence electrons. The molecule has 1 aromatic rings. The molecular weight excluding hydrogens is 226 g/mol. The Morgan fingerprint density at radius 1 is 1.44 bits per heavy atom. The number of hydrogen-bond donors (Lipinski definition) is 1. The number of rotatable bonds is 4. The fourth-order valence-corrected chi connectivity index (χ4v) is 2.31. The predicted octanol–water partition coefficient (Wildman–Crippen LogP) is 1.22. The van der Waals surface area contributed by atoms with Gasteiger partial charge in [0.1, 0.15) is 0 Å². The quantitative estimate of drug-likeness (QED) is 0.874. The van der Waals surface area contributed by atoms with E-state index in [2.05, 4.69) is 48.3 Å². The van der Waals surface area contributed by atoms with E-state index in [9.17, 15) is 0 Å². The predicted molar refractivity (Wildman–Crippen MR) is 72.4 cm³/mol. The maximum absolute atomic E-state index is 4.20. The van der Waals surface area contributed by atoms with Gasteiger partial charge in [0.2, 0.25) is 0 Å². The van der Waals surface area contributed by atoms with Crippen molar-refractivity contribution in [1.82, 2.24) is 25.2 Å². The van der Waals surface area contributed by atoms with E-state index in [1.807, 2.05) is 10.9 Å². The van der Waals surface area contributed by atoms with E-state index in [1.54, 1.807) is 0 Å². The van der Waals surface area contributed by atoms with Crippen LogP contribution in [0.5, 0.6) is 0 Å². The number of likely N-dealkylation sites (tertiary alicyclic amines) is 1. The molecule has 1 atom stereocenters. The molecule has 1 saturated heterocycles. The number of hydrogen-bond acceptors (Lipinski definition) is 4. The van der Waals surface area contributed by atoms with Crippen LogP contribution in [-0.4, -0.2) is 46.1 Å². The minimum atomic E-state index is 0.0108. The highest BCUT2D eigenvalue weighted by molar-refractivity contribution is 4.94. The Kier molecular flexibility index (Phi) is 4.02. The van der Waals surface area contributed by atoms with Crippen LogP contribution in [0.15, 0.2) is 6.20 Å². The zero-order valence-corrected chi connectivity index (χ0v) is 12.0. The van der Waals surface area contributed by atoms with E-state index in [-0.39, 0.29) is 5.54 Å². The lowest BCUT2D eigenvalue weighted by Crippen LogP contribution is -2.35. The molecule has 18 heavy (non-hydrogen) atoms. The van der Waals surface area contributed by atoms with Gasteiger partial charge in [-0.15, -0.1) is 5.10 Å². The van der Waals surface area contributed by atoms with Crippen molar-refractivity contribution >= 4 is 0 Å². The number of aromatic nitrogens is 3. The summed E-state index contributed by atoms with van der Waals surface area (Å²) in [6.45, 7) is 9.47. The zero-order chi connectivity index (χ0) is 13.2. The Morgan fingerprint density at radius 2 is 2.22 bits per heavy atom. The summed E-state index contributed by atoms with van der Waals surface area (Å²) in [5.41, 5.74) is 1.03. The van der Waals surface area contributed by atoms with Crippen molar-refractivity contribution in [3.05, 3.63) is 11.9 Å². The molecule has 1 aliphatic rings. The summed E-state index contributed by atoms with van der Waals surface area (Å²) >= 11 is 0. The van der Waals surface area contributed by atoms with Crippen molar-refractivity contribution in [3.8, 4) is 0 Å². The van der Waals surface area contributed by atoms with Crippen molar-refractivity contribution in [2.24, 2.45) is 0 Å². The van der Waals surface area contributed by atoms with Crippen LogP contribution in [-0.2, 0) is 12.1 Å². The van der Waals surface area contributed by atoms with Crippen molar-refractivity contribution in [2.45, 2.75) is 51.7 Å². The summed E-state index contributed by atoms with van der Waals surface area (Å²) in [4.78, 5) is 2.43. The number of nitrogens with zero attached hydrogens (tertiary/aromatic N) is 4. The van der Waals surface area contributed by atoms with Gasteiger partial charge in [-0.25, -0.2) is 4.68 Å². The Labute approximate surface area is 110 Å². The molecule has 2 heterocycles. The van der Waals surface area contributed by atoms with Gasteiger partial charge >= 0.3 is 0 Å². The first kappa shape index (κ1) is 13.5. The summed E-state index contributed by atoms with van der Waals surface area (Å²) < 4.78 is 1.92. The van der Waals surface area contributed by atoms with Gasteiger partial charge in [0.25, 0.3) is 0 Å². The standard InChI is InChI=1S/C13H25N5/c1-13(2,3)18-10-11(15-16-18)8-14-9-12-6-5-7-17(12)4/h10,12,14H,5-9H2,1-4H3. The van der Waals surface area contributed by atoms with Gasteiger partial charge in [-0.1, -0.05) is 5.21 Å². The molecular formula is C13H25N5. The number of likely N-dealkylation sites (N-methyl/N-ethyl adjacent to an activating group) is 1. The minimum absolute atomic E-state index is 0.0108. The lowest BCUT2D eigenvalue weighted by Gasteiger charge is -2.19. The largest absolute Gasteiger partial charge is 0.309 e. The highest BCUT2D eigenvalue weighted by atomic mass is 15.4. The lowest BCUT2D eigenvalue weighted by molar-refractivity contribution is 0.300. The molecule has 0 aromatic carbocycles. The third-order valence-corrected chi connectivity index (χ3v) is 3.59. The van der Waals surface area contributed by atoms with Crippen molar-refractivity contribution in [3.63, 3.8) is 0 Å². The molecule has 1 N–H and O–H groups in total. The van der Waals surface area contributed by atoms with Crippen molar-refractivity contribution < 1.29 is 0 Å².